The van der Waals surface area contributed by atoms with Crippen LogP contribution in [0.1, 0.15) is 49.7 Å². The SMILES string of the molecule is COCOc1ccc(C)cc1C12CC3CC(CC(C3)C1)C2. The summed E-state index contributed by atoms with van der Waals surface area (Å²) in [6.07, 6.45) is 8.60. The molecule has 2 nitrogen and oxygen atoms in total. The summed E-state index contributed by atoms with van der Waals surface area (Å²) in [4.78, 5) is 0. The summed E-state index contributed by atoms with van der Waals surface area (Å²) in [6, 6.07) is 6.70. The molecule has 0 radical (unpaired) electrons. The van der Waals surface area contributed by atoms with Gasteiger partial charge in [-0.1, -0.05) is 17.7 Å². The molecule has 4 fully saturated rings. The molecule has 2 heteroatoms. The molecule has 0 saturated heterocycles. The summed E-state index contributed by atoms with van der Waals surface area (Å²) in [5, 5.41) is 0. The summed E-state index contributed by atoms with van der Waals surface area (Å²) in [6.45, 7) is 2.55. The smallest absolute Gasteiger partial charge is 0.188 e. The largest absolute Gasteiger partial charge is 0.467 e. The molecule has 0 heterocycles. The first kappa shape index (κ1) is 13.6. The van der Waals surface area contributed by atoms with Gasteiger partial charge in [0.25, 0.3) is 0 Å². The van der Waals surface area contributed by atoms with Gasteiger partial charge in [0.2, 0.25) is 0 Å². The number of rotatable bonds is 4. The van der Waals surface area contributed by atoms with Crippen molar-refractivity contribution in [1.29, 1.82) is 0 Å². The average molecular weight is 286 g/mol. The van der Waals surface area contributed by atoms with E-state index in [1.807, 2.05) is 0 Å². The van der Waals surface area contributed by atoms with E-state index in [1.54, 1.807) is 7.11 Å². The minimum atomic E-state index is 0.350. The van der Waals surface area contributed by atoms with Gasteiger partial charge in [0.05, 0.1) is 0 Å². The molecule has 21 heavy (non-hydrogen) atoms. The van der Waals surface area contributed by atoms with Gasteiger partial charge < -0.3 is 9.47 Å². The second kappa shape index (κ2) is 5.01. The van der Waals surface area contributed by atoms with Crippen LogP contribution in [0.3, 0.4) is 0 Å². The molecule has 4 bridgehead atoms. The Morgan fingerprint density at radius 2 is 1.67 bits per heavy atom. The van der Waals surface area contributed by atoms with Crippen LogP contribution in [-0.4, -0.2) is 13.9 Å². The Bertz CT molecular complexity index is 499. The van der Waals surface area contributed by atoms with Gasteiger partial charge in [0.1, 0.15) is 5.75 Å². The van der Waals surface area contributed by atoms with E-state index in [4.69, 9.17) is 9.47 Å². The molecular formula is C19H26O2. The Labute approximate surface area is 127 Å². The topological polar surface area (TPSA) is 18.5 Å². The zero-order valence-corrected chi connectivity index (χ0v) is 13.2. The molecule has 114 valence electrons. The first-order valence-electron chi connectivity index (χ1n) is 8.41. The van der Waals surface area contributed by atoms with Crippen LogP contribution in [0.15, 0.2) is 18.2 Å². The van der Waals surface area contributed by atoms with Crippen LogP contribution in [0.25, 0.3) is 0 Å². The highest BCUT2D eigenvalue weighted by Gasteiger charge is 2.52. The van der Waals surface area contributed by atoms with Crippen molar-refractivity contribution in [2.24, 2.45) is 17.8 Å². The quantitative estimate of drug-likeness (QED) is 0.762. The molecule has 5 rings (SSSR count). The molecule has 0 spiro atoms. The van der Waals surface area contributed by atoms with Crippen LogP contribution in [0, 0.1) is 24.7 Å². The number of ether oxygens (including phenoxy) is 2. The molecule has 1 aromatic rings. The summed E-state index contributed by atoms with van der Waals surface area (Å²) >= 11 is 0. The zero-order valence-electron chi connectivity index (χ0n) is 13.2. The van der Waals surface area contributed by atoms with Crippen molar-refractivity contribution in [3.8, 4) is 5.75 Å². The summed E-state index contributed by atoms with van der Waals surface area (Å²) < 4.78 is 11.0. The minimum absolute atomic E-state index is 0.350. The van der Waals surface area contributed by atoms with E-state index in [2.05, 4.69) is 25.1 Å². The molecule has 0 atom stereocenters. The van der Waals surface area contributed by atoms with E-state index in [9.17, 15) is 0 Å². The van der Waals surface area contributed by atoms with E-state index < -0.39 is 0 Å². The first-order valence-corrected chi connectivity index (χ1v) is 8.41. The van der Waals surface area contributed by atoms with Crippen molar-refractivity contribution in [1.82, 2.24) is 0 Å². The van der Waals surface area contributed by atoms with Crippen molar-refractivity contribution in [3.63, 3.8) is 0 Å². The standard InChI is InChI=1S/C19H26O2/c1-13-3-4-18(21-12-20-2)17(5-13)19-9-14-6-15(10-19)8-16(7-14)11-19/h3-5,14-16H,6-12H2,1-2H3. The van der Waals surface area contributed by atoms with Gasteiger partial charge in [-0.15, -0.1) is 0 Å². The highest BCUT2D eigenvalue weighted by atomic mass is 16.7. The fourth-order valence-corrected chi connectivity index (χ4v) is 5.75. The van der Waals surface area contributed by atoms with Crippen LogP contribution in [0.4, 0.5) is 0 Å². The van der Waals surface area contributed by atoms with Crippen LogP contribution in [0.5, 0.6) is 5.75 Å². The lowest BCUT2D eigenvalue weighted by molar-refractivity contribution is -0.00885. The minimum Gasteiger partial charge on any atom is -0.467 e. The van der Waals surface area contributed by atoms with Crippen molar-refractivity contribution >= 4 is 0 Å². The zero-order chi connectivity index (χ0) is 14.4. The molecule has 0 aromatic heterocycles. The lowest BCUT2D eigenvalue weighted by atomic mass is 9.48. The van der Waals surface area contributed by atoms with Crippen molar-refractivity contribution in [3.05, 3.63) is 29.3 Å². The summed E-state index contributed by atoms with van der Waals surface area (Å²) in [5.41, 5.74) is 3.22. The number of hydrogen-bond donors (Lipinski definition) is 0. The fraction of sp³-hybridized carbons (Fsp3) is 0.684. The normalized spacial score (nSPS) is 37.0. The molecular weight excluding hydrogens is 260 g/mol. The predicted molar refractivity (Wildman–Crippen MR) is 83.5 cm³/mol. The van der Waals surface area contributed by atoms with Gasteiger partial charge in [-0.25, -0.2) is 0 Å². The maximum Gasteiger partial charge on any atom is 0.188 e. The number of methoxy groups -OCH3 is 1. The van der Waals surface area contributed by atoms with Crippen LogP contribution < -0.4 is 4.74 Å². The Balaban J connectivity index is 1.73. The Hall–Kier alpha value is -1.02. The van der Waals surface area contributed by atoms with Crippen LogP contribution in [0.2, 0.25) is 0 Å². The first-order chi connectivity index (χ1) is 10.2. The Morgan fingerprint density at radius 1 is 1.05 bits per heavy atom. The second-order valence-electron chi connectivity index (χ2n) is 7.75. The van der Waals surface area contributed by atoms with Gasteiger partial charge in [0, 0.05) is 12.7 Å². The van der Waals surface area contributed by atoms with E-state index in [1.165, 1.54) is 49.7 Å². The average Bonchev–Trinajstić information content (AvgIpc) is 2.44. The molecule has 4 aliphatic rings. The maximum atomic E-state index is 5.91. The second-order valence-corrected chi connectivity index (χ2v) is 7.75. The third-order valence-electron chi connectivity index (χ3n) is 6.08. The van der Waals surface area contributed by atoms with Gasteiger partial charge >= 0.3 is 0 Å². The summed E-state index contributed by atoms with van der Waals surface area (Å²) in [5.74, 6) is 3.95. The van der Waals surface area contributed by atoms with Crippen molar-refractivity contribution in [2.75, 3.05) is 13.9 Å². The monoisotopic (exact) mass is 286 g/mol. The van der Waals surface area contributed by atoms with Gasteiger partial charge in [-0.2, -0.15) is 0 Å². The van der Waals surface area contributed by atoms with E-state index >= 15 is 0 Å². The fourth-order valence-electron chi connectivity index (χ4n) is 5.75. The molecule has 4 saturated carbocycles. The van der Waals surface area contributed by atoms with Gasteiger partial charge in [-0.05, 0) is 74.7 Å². The van der Waals surface area contributed by atoms with Crippen LogP contribution in [-0.2, 0) is 10.2 Å². The van der Waals surface area contributed by atoms with Crippen molar-refractivity contribution in [2.45, 2.75) is 50.9 Å². The van der Waals surface area contributed by atoms with Gasteiger partial charge in [-0.3, -0.25) is 0 Å². The number of hydrogen-bond acceptors (Lipinski definition) is 2. The third-order valence-corrected chi connectivity index (χ3v) is 6.08. The molecule has 0 aliphatic heterocycles. The number of aryl methyl sites for hydroxylation is 1. The molecule has 0 unspecified atom stereocenters. The highest BCUT2D eigenvalue weighted by molar-refractivity contribution is 5.44. The van der Waals surface area contributed by atoms with Gasteiger partial charge in [0.15, 0.2) is 6.79 Å². The lowest BCUT2D eigenvalue weighted by Crippen LogP contribution is -2.48. The molecule has 4 aliphatic carbocycles. The predicted octanol–water partition coefficient (Wildman–Crippen LogP) is 4.45. The molecule has 0 amide bonds. The summed E-state index contributed by atoms with van der Waals surface area (Å²) in [7, 11) is 1.69. The van der Waals surface area contributed by atoms with Crippen molar-refractivity contribution < 1.29 is 9.47 Å². The Morgan fingerprint density at radius 3 is 2.24 bits per heavy atom. The molecule has 1 aromatic carbocycles. The highest BCUT2D eigenvalue weighted by Crippen LogP contribution is 2.61. The van der Waals surface area contributed by atoms with E-state index in [-0.39, 0.29) is 0 Å². The Kier molecular flexibility index (Phi) is 3.25. The number of benzene rings is 1. The third kappa shape index (κ3) is 2.28. The van der Waals surface area contributed by atoms with Crippen LogP contribution >= 0.6 is 0 Å². The van der Waals surface area contributed by atoms with E-state index in [0.717, 1.165) is 23.5 Å². The molecule has 0 N–H and O–H groups in total. The maximum absolute atomic E-state index is 5.91. The lowest BCUT2D eigenvalue weighted by Gasteiger charge is -2.57. The van der Waals surface area contributed by atoms with E-state index in [0.29, 0.717) is 12.2 Å².